The van der Waals surface area contributed by atoms with Crippen LogP contribution in [0.15, 0.2) is 48.5 Å². The van der Waals surface area contributed by atoms with E-state index in [1.54, 1.807) is 0 Å². The van der Waals surface area contributed by atoms with E-state index in [1.807, 2.05) is 0 Å². The van der Waals surface area contributed by atoms with Crippen molar-refractivity contribution in [3.05, 3.63) is 59.7 Å². The third kappa shape index (κ3) is 3.28. The van der Waals surface area contributed by atoms with E-state index in [0.717, 1.165) is 5.33 Å². The maximum absolute atomic E-state index is 6.11. The van der Waals surface area contributed by atoms with Crippen LogP contribution in [0.3, 0.4) is 0 Å². The third-order valence-electron chi connectivity index (χ3n) is 4.41. The molecule has 0 radical (unpaired) electrons. The van der Waals surface area contributed by atoms with Crippen LogP contribution in [0.1, 0.15) is 43.7 Å². The van der Waals surface area contributed by atoms with Crippen molar-refractivity contribution in [2.75, 3.05) is 0 Å². The molecule has 0 saturated heterocycles. The van der Waals surface area contributed by atoms with E-state index in [9.17, 15) is 0 Å². The molecule has 2 heteroatoms. The lowest BCUT2D eigenvalue weighted by Gasteiger charge is -2.39. The van der Waals surface area contributed by atoms with Gasteiger partial charge in [-0.05, 0) is 48.9 Å². The summed E-state index contributed by atoms with van der Waals surface area (Å²) in [7, 11) is 0. The Hall–Kier alpha value is -1.12. The van der Waals surface area contributed by atoms with E-state index >= 15 is 0 Å². The van der Waals surface area contributed by atoms with Crippen molar-refractivity contribution in [3.8, 4) is 11.1 Å². The number of ether oxygens (including phenoxy) is 1. The number of alkyl halides is 1. The van der Waals surface area contributed by atoms with E-state index in [0.29, 0.717) is 18.1 Å². The highest BCUT2D eigenvalue weighted by molar-refractivity contribution is 9.08. The lowest BCUT2D eigenvalue weighted by molar-refractivity contribution is -0.0510. The summed E-state index contributed by atoms with van der Waals surface area (Å²) < 4.78 is 6.11. The Labute approximate surface area is 141 Å². The number of hydrogen-bond donors (Lipinski definition) is 0. The molecule has 22 heavy (non-hydrogen) atoms. The molecule has 2 aromatic carbocycles. The van der Waals surface area contributed by atoms with Crippen LogP contribution in [-0.2, 0) is 10.1 Å². The number of hydrogen-bond acceptors (Lipinski definition) is 1. The fourth-order valence-corrected chi connectivity index (χ4v) is 3.57. The molecule has 1 fully saturated rings. The summed E-state index contributed by atoms with van der Waals surface area (Å²) in [6, 6.07) is 17.5. The van der Waals surface area contributed by atoms with Crippen molar-refractivity contribution in [3.63, 3.8) is 0 Å². The van der Waals surface area contributed by atoms with Crippen molar-refractivity contribution in [1.82, 2.24) is 0 Å². The van der Waals surface area contributed by atoms with Crippen molar-refractivity contribution < 1.29 is 4.74 Å². The Balaban J connectivity index is 1.98. The lowest BCUT2D eigenvalue weighted by Crippen LogP contribution is -2.34. The van der Waals surface area contributed by atoms with Crippen LogP contribution in [0.4, 0.5) is 0 Å². The Morgan fingerprint density at radius 1 is 1.09 bits per heavy atom. The number of benzene rings is 2. The average molecular weight is 359 g/mol. The molecule has 0 aliphatic heterocycles. The first kappa shape index (κ1) is 15.8. The van der Waals surface area contributed by atoms with Crippen molar-refractivity contribution in [2.24, 2.45) is 0 Å². The Morgan fingerprint density at radius 3 is 2.45 bits per heavy atom. The highest BCUT2D eigenvalue weighted by atomic mass is 79.9. The van der Waals surface area contributed by atoms with Crippen LogP contribution in [0, 0.1) is 0 Å². The van der Waals surface area contributed by atoms with Crippen LogP contribution in [-0.4, -0.2) is 12.2 Å². The van der Waals surface area contributed by atoms with Gasteiger partial charge in [0.15, 0.2) is 0 Å². The maximum Gasteiger partial charge on any atom is 0.0647 e. The van der Waals surface area contributed by atoms with E-state index in [1.165, 1.54) is 35.1 Å². The average Bonchev–Trinajstić information content (AvgIpc) is 2.52. The first-order valence-electron chi connectivity index (χ1n) is 8.08. The summed E-state index contributed by atoms with van der Waals surface area (Å²) in [5, 5.41) is 0.900. The SMILES string of the molecule is CC(C)OC1CCC1c1cc(CBr)ccc1-c1ccccc1. The predicted octanol–water partition coefficient (Wildman–Crippen LogP) is 5.92. The second-order valence-electron chi connectivity index (χ2n) is 6.33. The number of halogens is 1. The molecule has 0 spiro atoms. The van der Waals surface area contributed by atoms with E-state index in [4.69, 9.17) is 4.74 Å². The highest BCUT2D eigenvalue weighted by Crippen LogP contribution is 2.44. The largest absolute Gasteiger partial charge is 0.375 e. The predicted molar refractivity (Wildman–Crippen MR) is 96.5 cm³/mol. The zero-order chi connectivity index (χ0) is 15.5. The van der Waals surface area contributed by atoms with Gasteiger partial charge in [-0.1, -0.05) is 64.5 Å². The first-order chi connectivity index (χ1) is 10.7. The van der Waals surface area contributed by atoms with Gasteiger partial charge >= 0.3 is 0 Å². The van der Waals surface area contributed by atoms with Gasteiger partial charge in [0.05, 0.1) is 12.2 Å². The first-order valence-corrected chi connectivity index (χ1v) is 9.21. The molecule has 0 heterocycles. The summed E-state index contributed by atoms with van der Waals surface area (Å²) in [5.41, 5.74) is 5.44. The molecule has 2 atom stereocenters. The molecule has 2 aromatic rings. The quantitative estimate of drug-likeness (QED) is 0.602. The van der Waals surface area contributed by atoms with Crippen LogP contribution >= 0.6 is 15.9 Å². The monoisotopic (exact) mass is 358 g/mol. The Kier molecular flexibility index (Phi) is 5.00. The Bertz CT molecular complexity index is 621. The van der Waals surface area contributed by atoms with Gasteiger partial charge in [-0.25, -0.2) is 0 Å². The highest BCUT2D eigenvalue weighted by Gasteiger charge is 2.35. The molecule has 1 aliphatic carbocycles. The molecule has 0 N–H and O–H groups in total. The molecule has 116 valence electrons. The van der Waals surface area contributed by atoms with Crippen LogP contribution in [0.25, 0.3) is 11.1 Å². The minimum Gasteiger partial charge on any atom is -0.375 e. The summed E-state index contributed by atoms with van der Waals surface area (Å²) >= 11 is 3.59. The molecule has 1 aliphatic rings. The van der Waals surface area contributed by atoms with Gasteiger partial charge in [-0.3, -0.25) is 0 Å². The molecule has 0 aromatic heterocycles. The summed E-state index contributed by atoms with van der Waals surface area (Å²) in [4.78, 5) is 0. The summed E-state index contributed by atoms with van der Waals surface area (Å²) in [5.74, 6) is 0.525. The molecular weight excluding hydrogens is 336 g/mol. The second-order valence-corrected chi connectivity index (χ2v) is 6.89. The summed E-state index contributed by atoms with van der Waals surface area (Å²) in [6.07, 6.45) is 3.07. The third-order valence-corrected chi connectivity index (χ3v) is 5.06. The van der Waals surface area contributed by atoms with Gasteiger partial charge in [0.2, 0.25) is 0 Å². The van der Waals surface area contributed by atoms with E-state index in [-0.39, 0.29) is 0 Å². The smallest absolute Gasteiger partial charge is 0.0647 e. The molecule has 2 unspecified atom stereocenters. The lowest BCUT2D eigenvalue weighted by atomic mass is 9.74. The maximum atomic E-state index is 6.11. The molecule has 1 nitrogen and oxygen atoms in total. The zero-order valence-electron chi connectivity index (χ0n) is 13.3. The van der Waals surface area contributed by atoms with Gasteiger partial charge in [0.25, 0.3) is 0 Å². The van der Waals surface area contributed by atoms with E-state index in [2.05, 4.69) is 78.3 Å². The van der Waals surface area contributed by atoms with Crippen LogP contribution in [0.2, 0.25) is 0 Å². The fourth-order valence-electron chi connectivity index (χ4n) is 3.22. The van der Waals surface area contributed by atoms with E-state index < -0.39 is 0 Å². The van der Waals surface area contributed by atoms with Gasteiger partial charge < -0.3 is 4.74 Å². The fraction of sp³-hybridized carbons (Fsp3) is 0.400. The minimum absolute atomic E-state index is 0.298. The number of rotatable bonds is 5. The second kappa shape index (κ2) is 6.97. The normalized spacial score (nSPS) is 20.9. The van der Waals surface area contributed by atoms with Gasteiger partial charge in [-0.2, -0.15) is 0 Å². The standard InChI is InChI=1S/C20H23BrO/c1-14(2)22-20-11-10-18(20)19-12-15(13-21)8-9-17(19)16-6-4-3-5-7-16/h3-9,12,14,18,20H,10-11,13H2,1-2H3. The van der Waals surface area contributed by atoms with Gasteiger partial charge in [0.1, 0.15) is 0 Å². The Morgan fingerprint density at radius 2 is 1.86 bits per heavy atom. The molecule has 3 rings (SSSR count). The summed E-state index contributed by atoms with van der Waals surface area (Å²) in [6.45, 7) is 4.25. The van der Waals surface area contributed by atoms with Crippen molar-refractivity contribution >= 4 is 15.9 Å². The van der Waals surface area contributed by atoms with Crippen molar-refractivity contribution in [1.29, 1.82) is 0 Å². The zero-order valence-corrected chi connectivity index (χ0v) is 14.8. The van der Waals surface area contributed by atoms with Gasteiger partial charge in [0, 0.05) is 11.2 Å². The molecule has 1 saturated carbocycles. The topological polar surface area (TPSA) is 9.23 Å². The molecular formula is C20H23BrO. The van der Waals surface area contributed by atoms with Crippen LogP contribution < -0.4 is 0 Å². The van der Waals surface area contributed by atoms with Crippen molar-refractivity contribution in [2.45, 2.75) is 50.1 Å². The molecule has 0 bridgehead atoms. The van der Waals surface area contributed by atoms with Crippen LogP contribution in [0.5, 0.6) is 0 Å². The minimum atomic E-state index is 0.298. The molecule has 0 amide bonds. The van der Waals surface area contributed by atoms with Gasteiger partial charge in [-0.15, -0.1) is 0 Å².